The molecule has 0 radical (unpaired) electrons. The van der Waals surface area contributed by atoms with Gasteiger partial charge in [0.05, 0.1) is 11.1 Å². The summed E-state index contributed by atoms with van der Waals surface area (Å²) in [6.45, 7) is 1.93. The smallest absolute Gasteiger partial charge is 0.299 e. The number of halogens is 1. The second kappa shape index (κ2) is 8.33. The summed E-state index contributed by atoms with van der Waals surface area (Å²) in [5, 5.41) is 15.4. The minimum Gasteiger partial charge on any atom is -0.299 e. The van der Waals surface area contributed by atoms with Crippen molar-refractivity contribution < 1.29 is 4.92 Å². The van der Waals surface area contributed by atoms with Gasteiger partial charge < -0.3 is 0 Å². The standard InChI is InChI=1S/C18H18ClN7O4/c1-11(19)8-9-25-14-15(23(2)18(28)24(3)16(14)27)21-17(25)22-20-10-12-4-6-13(7-5-12)26(29)30/h4-8,10H,9H2,1-3H3,(H,21,22)/b11-8+,20-10+. The largest absolute Gasteiger partial charge is 0.332 e. The lowest BCUT2D eigenvalue weighted by Gasteiger charge is -2.06. The maximum atomic E-state index is 12.7. The number of nitro benzene ring substituents is 1. The maximum Gasteiger partial charge on any atom is 0.332 e. The lowest BCUT2D eigenvalue weighted by molar-refractivity contribution is -0.384. The minimum absolute atomic E-state index is 0.0260. The molecule has 0 bridgehead atoms. The molecule has 156 valence electrons. The fourth-order valence-corrected chi connectivity index (χ4v) is 2.84. The highest BCUT2D eigenvalue weighted by Crippen LogP contribution is 2.17. The fourth-order valence-electron chi connectivity index (χ4n) is 2.77. The Hall–Kier alpha value is -3.73. The van der Waals surface area contributed by atoms with E-state index >= 15 is 0 Å². The van der Waals surface area contributed by atoms with Gasteiger partial charge in [-0.15, -0.1) is 0 Å². The van der Waals surface area contributed by atoms with Crippen molar-refractivity contribution in [3.05, 3.63) is 71.9 Å². The molecule has 0 fully saturated rings. The maximum absolute atomic E-state index is 12.7. The summed E-state index contributed by atoms with van der Waals surface area (Å²) in [7, 11) is 2.91. The Labute approximate surface area is 174 Å². The summed E-state index contributed by atoms with van der Waals surface area (Å²) in [6.07, 6.45) is 3.14. The third kappa shape index (κ3) is 4.01. The molecule has 0 saturated carbocycles. The molecule has 0 aliphatic rings. The van der Waals surface area contributed by atoms with E-state index in [-0.39, 0.29) is 29.3 Å². The van der Waals surface area contributed by atoms with E-state index < -0.39 is 16.2 Å². The van der Waals surface area contributed by atoms with E-state index in [0.29, 0.717) is 10.6 Å². The SMILES string of the molecule is C/C(Cl)=C\Cn1c(N/N=C/c2ccc([N+](=O)[O-])cc2)nc2c1c(=O)n(C)c(=O)n2C. The molecule has 0 saturated heterocycles. The van der Waals surface area contributed by atoms with Gasteiger partial charge in [-0.05, 0) is 24.6 Å². The molecule has 1 aromatic carbocycles. The van der Waals surface area contributed by atoms with Crippen molar-refractivity contribution in [3.8, 4) is 0 Å². The molecule has 30 heavy (non-hydrogen) atoms. The summed E-state index contributed by atoms with van der Waals surface area (Å²) in [4.78, 5) is 39.5. The Bertz CT molecular complexity index is 1300. The van der Waals surface area contributed by atoms with Crippen LogP contribution in [-0.2, 0) is 20.6 Å². The van der Waals surface area contributed by atoms with Crippen molar-refractivity contribution in [2.45, 2.75) is 13.5 Å². The van der Waals surface area contributed by atoms with Crippen LogP contribution >= 0.6 is 11.6 Å². The molecule has 1 N–H and O–H groups in total. The van der Waals surface area contributed by atoms with Gasteiger partial charge >= 0.3 is 5.69 Å². The molecule has 2 heterocycles. The minimum atomic E-state index is -0.498. The molecule has 0 aliphatic heterocycles. The van der Waals surface area contributed by atoms with Crippen molar-refractivity contribution in [1.29, 1.82) is 0 Å². The summed E-state index contributed by atoms with van der Waals surface area (Å²) in [5.41, 5.74) is 2.79. The number of hydrazone groups is 1. The second-order valence-electron chi connectivity index (χ2n) is 6.43. The predicted octanol–water partition coefficient (Wildman–Crippen LogP) is 1.93. The zero-order valence-corrected chi connectivity index (χ0v) is 17.1. The molecule has 0 aliphatic carbocycles. The van der Waals surface area contributed by atoms with Crippen LogP contribution in [-0.4, -0.2) is 29.8 Å². The first-order chi connectivity index (χ1) is 14.2. The number of non-ortho nitro benzene ring substituents is 1. The van der Waals surface area contributed by atoms with E-state index in [1.54, 1.807) is 29.7 Å². The van der Waals surface area contributed by atoms with Crippen LogP contribution in [0.15, 0.2) is 50.1 Å². The van der Waals surface area contributed by atoms with Crippen LogP contribution in [0, 0.1) is 10.1 Å². The van der Waals surface area contributed by atoms with E-state index in [2.05, 4.69) is 15.5 Å². The summed E-state index contributed by atoms with van der Waals surface area (Å²) in [5.74, 6) is 0.232. The van der Waals surface area contributed by atoms with Crippen molar-refractivity contribution in [1.82, 2.24) is 18.7 Å². The molecule has 0 amide bonds. The first-order valence-electron chi connectivity index (χ1n) is 8.72. The number of nitro groups is 1. The molecule has 2 aromatic heterocycles. The quantitative estimate of drug-likeness (QED) is 0.360. The van der Waals surface area contributed by atoms with E-state index in [0.717, 1.165) is 4.57 Å². The van der Waals surface area contributed by atoms with E-state index in [1.807, 2.05) is 0 Å². The van der Waals surface area contributed by atoms with Crippen LogP contribution in [0.4, 0.5) is 11.6 Å². The lowest BCUT2D eigenvalue weighted by Crippen LogP contribution is -2.37. The Kier molecular flexibility index (Phi) is 5.83. The third-order valence-corrected chi connectivity index (χ3v) is 4.54. The van der Waals surface area contributed by atoms with Crippen molar-refractivity contribution in [3.63, 3.8) is 0 Å². The van der Waals surface area contributed by atoms with Gasteiger partial charge in [-0.25, -0.2) is 10.2 Å². The molecule has 12 heteroatoms. The van der Waals surface area contributed by atoms with Gasteiger partial charge in [0.1, 0.15) is 0 Å². The van der Waals surface area contributed by atoms with Crippen LogP contribution in [0.5, 0.6) is 0 Å². The van der Waals surface area contributed by atoms with Gasteiger partial charge in [0.15, 0.2) is 11.2 Å². The number of hydrogen-bond donors (Lipinski definition) is 1. The average Bonchev–Trinajstić information content (AvgIpc) is 3.08. The van der Waals surface area contributed by atoms with Crippen LogP contribution < -0.4 is 16.7 Å². The van der Waals surface area contributed by atoms with Gasteiger partial charge in [0, 0.05) is 37.8 Å². The second-order valence-corrected chi connectivity index (χ2v) is 7.03. The number of aromatic nitrogens is 4. The topological polar surface area (TPSA) is 129 Å². The first-order valence-corrected chi connectivity index (χ1v) is 9.10. The fraction of sp³-hybridized carbons (Fsp3) is 0.222. The molecular formula is C18H18ClN7O4. The van der Waals surface area contributed by atoms with Crippen molar-refractivity contribution in [2.75, 3.05) is 5.43 Å². The highest BCUT2D eigenvalue weighted by Gasteiger charge is 2.18. The summed E-state index contributed by atoms with van der Waals surface area (Å²) in [6, 6.07) is 5.82. The third-order valence-electron chi connectivity index (χ3n) is 4.39. The normalized spacial score (nSPS) is 12.1. The van der Waals surface area contributed by atoms with Gasteiger partial charge in [-0.1, -0.05) is 17.7 Å². The number of aryl methyl sites for hydroxylation is 1. The van der Waals surface area contributed by atoms with Crippen LogP contribution in [0.2, 0.25) is 0 Å². The van der Waals surface area contributed by atoms with E-state index in [1.165, 1.54) is 37.0 Å². The molecule has 3 rings (SSSR count). The van der Waals surface area contributed by atoms with Crippen molar-refractivity contribution >= 4 is 40.6 Å². The highest BCUT2D eigenvalue weighted by atomic mass is 35.5. The predicted molar refractivity (Wildman–Crippen MR) is 114 cm³/mol. The average molecular weight is 432 g/mol. The van der Waals surface area contributed by atoms with Gasteiger partial charge in [-0.3, -0.25) is 28.6 Å². The molecule has 0 spiro atoms. The highest BCUT2D eigenvalue weighted by molar-refractivity contribution is 6.29. The number of allylic oxidation sites excluding steroid dienone is 2. The lowest BCUT2D eigenvalue weighted by atomic mass is 10.2. The van der Waals surface area contributed by atoms with E-state index in [4.69, 9.17) is 11.6 Å². The van der Waals surface area contributed by atoms with Crippen LogP contribution in [0.25, 0.3) is 11.2 Å². The molecule has 11 nitrogen and oxygen atoms in total. The van der Waals surface area contributed by atoms with Crippen LogP contribution in [0.3, 0.4) is 0 Å². The molecule has 3 aromatic rings. The zero-order chi connectivity index (χ0) is 22.0. The Morgan fingerprint density at radius 1 is 1.27 bits per heavy atom. The number of fused-ring (bicyclic) bond motifs is 1. The molecular weight excluding hydrogens is 414 g/mol. The molecule has 0 atom stereocenters. The number of imidazole rings is 1. The summed E-state index contributed by atoms with van der Waals surface area (Å²) < 4.78 is 3.84. The Morgan fingerprint density at radius 3 is 2.53 bits per heavy atom. The monoisotopic (exact) mass is 431 g/mol. The zero-order valence-electron chi connectivity index (χ0n) is 16.4. The number of nitrogens with zero attached hydrogens (tertiary/aromatic N) is 6. The first kappa shape index (κ1) is 21.0. The van der Waals surface area contributed by atoms with Crippen LogP contribution in [0.1, 0.15) is 12.5 Å². The number of rotatable bonds is 6. The number of nitrogens with one attached hydrogen (secondary N) is 1. The van der Waals surface area contributed by atoms with Gasteiger partial charge in [-0.2, -0.15) is 10.1 Å². The number of hydrogen-bond acceptors (Lipinski definition) is 7. The van der Waals surface area contributed by atoms with E-state index in [9.17, 15) is 19.7 Å². The Morgan fingerprint density at radius 2 is 1.93 bits per heavy atom. The number of anilines is 1. The van der Waals surface area contributed by atoms with Gasteiger partial charge in [0.2, 0.25) is 5.95 Å². The number of benzene rings is 1. The van der Waals surface area contributed by atoms with Gasteiger partial charge in [0.25, 0.3) is 11.2 Å². The Balaban J connectivity index is 2.03. The summed E-state index contributed by atoms with van der Waals surface area (Å²) >= 11 is 5.94. The molecule has 0 unspecified atom stereocenters. The van der Waals surface area contributed by atoms with Crippen molar-refractivity contribution in [2.24, 2.45) is 19.2 Å².